The third-order valence-corrected chi connectivity index (χ3v) is 11.5. The summed E-state index contributed by atoms with van der Waals surface area (Å²) in [5.41, 5.74) is 11.9. The Hall–Kier alpha value is -6.95. The summed E-state index contributed by atoms with van der Waals surface area (Å²) in [6.45, 7) is 0. The molecule has 11 aromatic rings. The summed E-state index contributed by atoms with van der Waals surface area (Å²) in [6, 6.07) is 63.8. The number of nitrogens with zero attached hydrogens (tertiary/aromatic N) is 2. The van der Waals surface area contributed by atoms with Crippen LogP contribution in [-0.4, -0.2) is 4.98 Å². The molecule has 0 atom stereocenters. The molecule has 54 heavy (non-hydrogen) atoms. The zero-order valence-corrected chi connectivity index (χ0v) is 29.8. The van der Waals surface area contributed by atoms with E-state index in [1.807, 2.05) is 30.3 Å². The number of para-hydroxylation sites is 1. The highest BCUT2D eigenvalue weighted by molar-refractivity contribution is 7.26. The second-order valence-electron chi connectivity index (χ2n) is 13.5. The molecule has 254 valence electrons. The molecule has 0 N–H and O–H groups in total. The van der Waals surface area contributed by atoms with Crippen LogP contribution >= 0.6 is 11.3 Å². The zero-order valence-electron chi connectivity index (χ0n) is 28.9. The van der Waals surface area contributed by atoms with Crippen molar-refractivity contribution in [3.8, 4) is 33.7 Å². The Morgan fingerprint density at radius 1 is 0.444 bits per heavy atom. The number of anilines is 3. The van der Waals surface area contributed by atoms with Gasteiger partial charge >= 0.3 is 0 Å². The average Bonchev–Trinajstić information content (AvgIpc) is 3.96. The van der Waals surface area contributed by atoms with E-state index in [0.717, 1.165) is 76.7 Å². The number of aromatic nitrogens is 1. The molecular weight excluding hydrogens is 681 g/mol. The van der Waals surface area contributed by atoms with Crippen LogP contribution in [0.2, 0.25) is 0 Å². The SMILES string of the molecule is c1ccc(-c2ccc(N(c3cccc(-c4ccccc4)c3)c3cc4oc(-c5cccc6oc7ccccc7c56)nc4c4c3sc3ccccc34)cc2)cc1. The topological polar surface area (TPSA) is 42.4 Å². The van der Waals surface area contributed by atoms with Crippen molar-refractivity contribution < 1.29 is 8.83 Å². The summed E-state index contributed by atoms with van der Waals surface area (Å²) in [5, 5.41) is 4.30. The summed E-state index contributed by atoms with van der Waals surface area (Å²) in [7, 11) is 0. The van der Waals surface area contributed by atoms with Gasteiger partial charge < -0.3 is 13.7 Å². The van der Waals surface area contributed by atoms with Gasteiger partial charge in [-0.15, -0.1) is 11.3 Å². The lowest BCUT2D eigenvalue weighted by molar-refractivity contribution is 0.620. The molecule has 11 rings (SSSR count). The lowest BCUT2D eigenvalue weighted by Crippen LogP contribution is -2.10. The van der Waals surface area contributed by atoms with E-state index in [-0.39, 0.29) is 0 Å². The second-order valence-corrected chi connectivity index (χ2v) is 14.6. The highest BCUT2D eigenvalue weighted by Gasteiger charge is 2.25. The molecular formula is C49H30N2O2S. The molecule has 0 radical (unpaired) electrons. The number of thiophene rings is 1. The first-order chi connectivity index (χ1) is 26.8. The fourth-order valence-corrected chi connectivity index (χ4v) is 9.02. The Bertz CT molecular complexity index is 3160. The average molecular weight is 711 g/mol. The molecule has 0 aliphatic rings. The van der Waals surface area contributed by atoms with Crippen molar-refractivity contribution in [3.63, 3.8) is 0 Å². The number of oxazole rings is 1. The first kappa shape index (κ1) is 30.7. The third-order valence-electron chi connectivity index (χ3n) is 10.3. The molecule has 0 spiro atoms. The largest absolute Gasteiger partial charge is 0.456 e. The minimum atomic E-state index is 0.570. The van der Waals surface area contributed by atoms with Gasteiger partial charge in [-0.2, -0.15) is 0 Å². The van der Waals surface area contributed by atoms with Crippen LogP contribution in [0, 0.1) is 0 Å². The summed E-state index contributed by atoms with van der Waals surface area (Å²) < 4.78 is 15.5. The van der Waals surface area contributed by atoms with Gasteiger partial charge in [0.15, 0.2) is 5.58 Å². The summed E-state index contributed by atoms with van der Waals surface area (Å²) >= 11 is 1.79. The number of furan rings is 1. The van der Waals surface area contributed by atoms with Gasteiger partial charge in [0.2, 0.25) is 5.89 Å². The quantitative estimate of drug-likeness (QED) is 0.172. The second kappa shape index (κ2) is 12.3. The Kier molecular flexibility index (Phi) is 7.00. The van der Waals surface area contributed by atoms with Gasteiger partial charge in [0.05, 0.1) is 10.4 Å². The van der Waals surface area contributed by atoms with Crippen molar-refractivity contribution in [2.75, 3.05) is 4.90 Å². The first-order valence-corrected chi connectivity index (χ1v) is 18.8. The summed E-state index contributed by atoms with van der Waals surface area (Å²) in [6.07, 6.45) is 0. The minimum Gasteiger partial charge on any atom is -0.456 e. The number of rotatable bonds is 6. The molecule has 4 nitrogen and oxygen atoms in total. The summed E-state index contributed by atoms with van der Waals surface area (Å²) in [4.78, 5) is 7.66. The van der Waals surface area contributed by atoms with E-state index >= 15 is 0 Å². The molecule has 0 saturated heterocycles. The van der Waals surface area contributed by atoms with E-state index in [9.17, 15) is 0 Å². The number of fused-ring (bicyclic) bond motifs is 8. The van der Waals surface area contributed by atoms with E-state index in [1.54, 1.807) is 11.3 Å². The van der Waals surface area contributed by atoms with Crippen LogP contribution in [0.5, 0.6) is 0 Å². The molecule has 0 saturated carbocycles. The van der Waals surface area contributed by atoms with Crippen LogP contribution < -0.4 is 4.90 Å². The van der Waals surface area contributed by atoms with Gasteiger partial charge in [-0.05, 0) is 70.8 Å². The molecule has 0 aliphatic heterocycles. The van der Waals surface area contributed by atoms with Crippen molar-refractivity contribution >= 4 is 81.6 Å². The van der Waals surface area contributed by atoms with Crippen LogP contribution in [0.3, 0.4) is 0 Å². The van der Waals surface area contributed by atoms with E-state index < -0.39 is 0 Å². The molecule has 3 heterocycles. The normalized spacial score (nSPS) is 11.7. The van der Waals surface area contributed by atoms with Gasteiger partial charge in [0, 0.05) is 49.2 Å². The standard InChI is InChI=1S/C49H30N2O2S/c1-3-13-31(14-4-1)33-25-27-35(28-26-33)51(36-18-11-17-34(29-36)32-15-5-2-6-16-32)40-30-43-47(46-38-20-8-10-24-44(38)54-48(40)46)50-49(53-43)39-21-12-23-42-45(39)37-19-7-9-22-41(37)52-42/h1-30H. The van der Waals surface area contributed by atoms with Crippen LogP contribution in [0.15, 0.2) is 191 Å². The monoisotopic (exact) mass is 710 g/mol. The van der Waals surface area contributed by atoms with Gasteiger partial charge in [-0.3, -0.25) is 0 Å². The van der Waals surface area contributed by atoms with Crippen LogP contribution in [0.25, 0.3) is 86.9 Å². The first-order valence-electron chi connectivity index (χ1n) is 18.0. The predicted octanol–water partition coefficient (Wildman–Crippen LogP) is 14.6. The maximum Gasteiger partial charge on any atom is 0.228 e. The van der Waals surface area contributed by atoms with Crippen LogP contribution in [0.4, 0.5) is 17.1 Å². The van der Waals surface area contributed by atoms with Gasteiger partial charge in [0.1, 0.15) is 16.7 Å². The third kappa shape index (κ3) is 4.94. The van der Waals surface area contributed by atoms with E-state index in [0.29, 0.717) is 5.89 Å². The fourth-order valence-electron chi connectivity index (χ4n) is 7.81. The van der Waals surface area contributed by atoms with Crippen molar-refractivity contribution in [2.24, 2.45) is 0 Å². The zero-order chi connectivity index (χ0) is 35.6. The smallest absolute Gasteiger partial charge is 0.228 e. The van der Waals surface area contributed by atoms with Crippen LogP contribution in [0.1, 0.15) is 0 Å². The lowest BCUT2D eigenvalue weighted by atomic mass is 10.0. The van der Waals surface area contributed by atoms with Crippen molar-refractivity contribution in [3.05, 3.63) is 182 Å². The fraction of sp³-hybridized carbons (Fsp3) is 0. The summed E-state index contributed by atoms with van der Waals surface area (Å²) in [5.74, 6) is 0.570. The molecule has 0 aliphatic carbocycles. The number of benzene rings is 8. The van der Waals surface area contributed by atoms with Crippen molar-refractivity contribution in [1.82, 2.24) is 4.98 Å². The van der Waals surface area contributed by atoms with Gasteiger partial charge in [-0.1, -0.05) is 127 Å². The molecule has 0 bridgehead atoms. The maximum absolute atomic E-state index is 6.86. The van der Waals surface area contributed by atoms with Crippen molar-refractivity contribution in [1.29, 1.82) is 0 Å². The van der Waals surface area contributed by atoms with Crippen LogP contribution in [-0.2, 0) is 0 Å². The molecule has 5 heteroatoms. The Morgan fingerprint density at radius 2 is 1.09 bits per heavy atom. The number of hydrogen-bond acceptors (Lipinski definition) is 5. The molecule has 0 unspecified atom stereocenters. The Morgan fingerprint density at radius 3 is 1.91 bits per heavy atom. The Balaban J connectivity index is 1.18. The molecule has 3 aromatic heterocycles. The highest BCUT2D eigenvalue weighted by atomic mass is 32.1. The van der Waals surface area contributed by atoms with Gasteiger partial charge in [-0.25, -0.2) is 4.98 Å². The molecule has 0 amide bonds. The number of hydrogen-bond donors (Lipinski definition) is 0. The van der Waals surface area contributed by atoms with E-state index in [2.05, 4.69) is 157 Å². The molecule has 8 aromatic carbocycles. The highest BCUT2D eigenvalue weighted by Crippen LogP contribution is 2.49. The van der Waals surface area contributed by atoms with E-state index in [1.165, 1.54) is 21.4 Å². The Labute approximate surface area is 314 Å². The lowest BCUT2D eigenvalue weighted by Gasteiger charge is -2.27. The van der Waals surface area contributed by atoms with E-state index in [4.69, 9.17) is 13.8 Å². The predicted molar refractivity (Wildman–Crippen MR) is 225 cm³/mol. The van der Waals surface area contributed by atoms with Crippen molar-refractivity contribution in [2.45, 2.75) is 0 Å². The van der Waals surface area contributed by atoms with Gasteiger partial charge in [0.25, 0.3) is 0 Å². The minimum absolute atomic E-state index is 0.570. The molecule has 0 fully saturated rings. The maximum atomic E-state index is 6.86.